The molecule has 1 heteroatoms. The lowest BCUT2D eigenvalue weighted by Gasteiger charge is -2.40. The van der Waals surface area contributed by atoms with Gasteiger partial charge in [-0.05, 0) is 30.1 Å². The summed E-state index contributed by atoms with van der Waals surface area (Å²) in [5.41, 5.74) is 0.438. The fraction of sp³-hybridized carbons (Fsp3) is 0.909. The Kier molecular flexibility index (Phi) is 1.61. The molecule has 0 aliphatic heterocycles. The van der Waals surface area contributed by atoms with Crippen molar-refractivity contribution >= 4 is 5.78 Å². The lowest BCUT2D eigenvalue weighted by atomic mass is 9.63. The lowest BCUT2D eigenvalue weighted by molar-refractivity contribution is -0.130. The van der Waals surface area contributed by atoms with Gasteiger partial charge < -0.3 is 0 Å². The molecule has 0 radical (unpaired) electrons. The standard InChI is InChI=1S/C11H18O/c1-7-9-5-4-8(6-10(7)12)11(9,2)3/h7-9H,4-6H2,1-3H3/t7-,8+,9-/m0/s1. The van der Waals surface area contributed by atoms with Gasteiger partial charge >= 0.3 is 0 Å². The Morgan fingerprint density at radius 1 is 1.33 bits per heavy atom. The van der Waals surface area contributed by atoms with Crippen molar-refractivity contribution in [2.45, 2.75) is 40.0 Å². The molecule has 2 rings (SSSR count). The van der Waals surface area contributed by atoms with Crippen molar-refractivity contribution in [2.24, 2.45) is 23.2 Å². The summed E-state index contributed by atoms with van der Waals surface area (Å²) in [6, 6.07) is 0. The van der Waals surface area contributed by atoms with Gasteiger partial charge in [0.2, 0.25) is 0 Å². The molecule has 0 unspecified atom stereocenters. The molecule has 2 aliphatic rings. The molecule has 0 spiro atoms. The van der Waals surface area contributed by atoms with Crippen LogP contribution in [0.5, 0.6) is 0 Å². The zero-order valence-electron chi connectivity index (χ0n) is 8.26. The van der Waals surface area contributed by atoms with Crippen molar-refractivity contribution < 1.29 is 4.79 Å². The predicted molar refractivity (Wildman–Crippen MR) is 48.8 cm³/mol. The normalized spacial score (nSPS) is 44.9. The van der Waals surface area contributed by atoms with Crippen LogP contribution in [0.3, 0.4) is 0 Å². The van der Waals surface area contributed by atoms with Crippen LogP contribution in [-0.4, -0.2) is 5.78 Å². The van der Waals surface area contributed by atoms with E-state index in [2.05, 4.69) is 20.8 Å². The van der Waals surface area contributed by atoms with Gasteiger partial charge in [0.05, 0.1) is 0 Å². The molecule has 0 aromatic carbocycles. The largest absolute Gasteiger partial charge is 0.299 e. The monoisotopic (exact) mass is 166 g/mol. The van der Waals surface area contributed by atoms with Crippen molar-refractivity contribution in [3.63, 3.8) is 0 Å². The molecule has 2 aliphatic carbocycles. The number of hydrogen-bond acceptors (Lipinski definition) is 1. The van der Waals surface area contributed by atoms with Crippen molar-refractivity contribution in [2.75, 3.05) is 0 Å². The van der Waals surface area contributed by atoms with Gasteiger partial charge in [0.25, 0.3) is 0 Å². The highest BCUT2D eigenvalue weighted by Gasteiger charge is 2.51. The van der Waals surface area contributed by atoms with Crippen molar-refractivity contribution in [3.05, 3.63) is 0 Å². The maximum absolute atomic E-state index is 11.5. The molecular weight excluding hydrogens is 148 g/mol. The van der Waals surface area contributed by atoms with Gasteiger partial charge in [0.1, 0.15) is 5.78 Å². The van der Waals surface area contributed by atoms with E-state index in [1.165, 1.54) is 12.8 Å². The first-order chi connectivity index (χ1) is 5.53. The molecule has 2 bridgehead atoms. The van der Waals surface area contributed by atoms with Gasteiger partial charge in [-0.3, -0.25) is 4.79 Å². The van der Waals surface area contributed by atoms with E-state index >= 15 is 0 Å². The summed E-state index contributed by atoms with van der Waals surface area (Å²) in [5.74, 6) is 2.20. The first-order valence-electron chi connectivity index (χ1n) is 5.06. The van der Waals surface area contributed by atoms with Crippen LogP contribution < -0.4 is 0 Å². The molecule has 0 saturated heterocycles. The molecule has 0 aromatic rings. The Balaban J connectivity index is 2.31. The number of carbonyl (C=O) groups is 1. The Bertz CT molecular complexity index is 217. The van der Waals surface area contributed by atoms with Crippen LogP contribution in [0.15, 0.2) is 0 Å². The SMILES string of the molecule is C[C@@H]1C(=O)C[C@H]2CC[C@@H]1C2(C)C. The van der Waals surface area contributed by atoms with E-state index < -0.39 is 0 Å². The average molecular weight is 166 g/mol. The van der Waals surface area contributed by atoms with Crippen LogP contribution in [0.2, 0.25) is 0 Å². The zero-order valence-corrected chi connectivity index (χ0v) is 8.26. The van der Waals surface area contributed by atoms with Crippen molar-refractivity contribution in [3.8, 4) is 0 Å². The maximum Gasteiger partial charge on any atom is 0.136 e. The van der Waals surface area contributed by atoms with E-state index in [-0.39, 0.29) is 0 Å². The zero-order chi connectivity index (χ0) is 8.93. The molecule has 68 valence electrons. The molecule has 2 saturated carbocycles. The summed E-state index contributed by atoms with van der Waals surface area (Å²) < 4.78 is 0. The number of carbonyl (C=O) groups excluding carboxylic acids is 1. The molecule has 12 heavy (non-hydrogen) atoms. The van der Waals surface area contributed by atoms with Gasteiger partial charge in [-0.25, -0.2) is 0 Å². The maximum atomic E-state index is 11.5. The van der Waals surface area contributed by atoms with Gasteiger partial charge in [-0.2, -0.15) is 0 Å². The van der Waals surface area contributed by atoms with Crippen LogP contribution in [0.4, 0.5) is 0 Å². The average Bonchev–Trinajstić information content (AvgIpc) is 2.14. The number of fused-ring (bicyclic) bond motifs is 2. The van der Waals surface area contributed by atoms with E-state index in [0.717, 1.165) is 6.42 Å². The summed E-state index contributed by atoms with van der Waals surface area (Å²) in [6.07, 6.45) is 3.42. The fourth-order valence-corrected chi connectivity index (χ4v) is 3.34. The molecule has 0 heterocycles. The molecular formula is C11H18O. The second-order valence-electron chi connectivity index (χ2n) is 5.16. The summed E-state index contributed by atoms with van der Waals surface area (Å²) in [7, 11) is 0. The molecule has 0 N–H and O–H groups in total. The fourth-order valence-electron chi connectivity index (χ4n) is 3.34. The number of hydrogen-bond donors (Lipinski definition) is 0. The van der Waals surface area contributed by atoms with Crippen LogP contribution in [0, 0.1) is 23.2 Å². The Hall–Kier alpha value is -0.330. The molecule has 2 fully saturated rings. The minimum atomic E-state index is 0.332. The highest BCUT2D eigenvalue weighted by atomic mass is 16.1. The first-order valence-corrected chi connectivity index (χ1v) is 5.06. The van der Waals surface area contributed by atoms with Crippen LogP contribution >= 0.6 is 0 Å². The van der Waals surface area contributed by atoms with Crippen molar-refractivity contribution in [1.29, 1.82) is 0 Å². The number of rotatable bonds is 0. The minimum absolute atomic E-state index is 0.332. The summed E-state index contributed by atoms with van der Waals surface area (Å²) in [5, 5.41) is 0. The Labute approximate surface area is 74.5 Å². The smallest absolute Gasteiger partial charge is 0.136 e. The van der Waals surface area contributed by atoms with Gasteiger partial charge in [-0.1, -0.05) is 20.8 Å². The molecule has 0 aromatic heterocycles. The minimum Gasteiger partial charge on any atom is -0.299 e. The second-order valence-corrected chi connectivity index (χ2v) is 5.16. The Morgan fingerprint density at radius 2 is 2.00 bits per heavy atom. The third-order valence-electron chi connectivity index (χ3n) is 4.39. The van der Waals surface area contributed by atoms with Crippen molar-refractivity contribution in [1.82, 2.24) is 0 Å². The molecule has 1 nitrogen and oxygen atoms in total. The molecule has 0 amide bonds. The third kappa shape index (κ3) is 0.884. The quantitative estimate of drug-likeness (QED) is 0.540. The lowest BCUT2D eigenvalue weighted by Crippen LogP contribution is -2.39. The second kappa shape index (κ2) is 2.34. The van der Waals surface area contributed by atoms with Crippen LogP contribution in [0.25, 0.3) is 0 Å². The Morgan fingerprint density at radius 3 is 2.67 bits per heavy atom. The summed E-state index contributed by atoms with van der Waals surface area (Å²) in [4.78, 5) is 11.5. The van der Waals surface area contributed by atoms with Crippen LogP contribution in [-0.2, 0) is 4.79 Å². The van der Waals surface area contributed by atoms with E-state index in [4.69, 9.17) is 0 Å². The van der Waals surface area contributed by atoms with Crippen LogP contribution in [0.1, 0.15) is 40.0 Å². The first kappa shape index (κ1) is 8.28. The van der Waals surface area contributed by atoms with E-state index in [0.29, 0.717) is 29.0 Å². The van der Waals surface area contributed by atoms with E-state index in [1.807, 2.05) is 0 Å². The summed E-state index contributed by atoms with van der Waals surface area (Å²) in [6.45, 7) is 6.81. The van der Waals surface area contributed by atoms with Gasteiger partial charge in [-0.15, -0.1) is 0 Å². The topological polar surface area (TPSA) is 17.1 Å². The highest BCUT2D eigenvalue weighted by molar-refractivity contribution is 5.82. The highest BCUT2D eigenvalue weighted by Crippen LogP contribution is 2.55. The molecule has 3 atom stereocenters. The number of ketones is 1. The predicted octanol–water partition coefficient (Wildman–Crippen LogP) is 2.65. The van der Waals surface area contributed by atoms with E-state index in [9.17, 15) is 4.79 Å². The number of Topliss-reactive ketones (excluding diaryl/α,β-unsaturated/α-hetero) is 1. The van der Waals surface area contributed by atoms with Gasteiger partial charge in [0.15, 0.2) is 0 Å². The third-order valence-corrected chi connectivity index (χ3v) is 4.39. The van der Waals surface area contributed by atoms with E-state index in [1.54, 1.807) is 0 Å². The van der Waals surface area contributed by atoms with Gasteiger partial charge in [0, 0.05) is 12.3 Å². The summed E-state index contributed by atoms with van der Waals surface area (Å²) >= 11 is 0.